The Kier molecular flexibility index (Phi) is 6.72. The highest BCUT2D eigenvalue weighted by atomic mass is 16.2. The summed E-state index contributed by atoms with van der Waals surface area (Å²) in [5.41, 5.74) is 0.163. The lowest BCUT2D eigenvalue weighted by Gasteiger charge is -2.30. The van der Waals surface area contributed by atoms with Gasteiger partial charge in [0.05, 0.1) is 6.04 Å². The highest BCUT2D eigenvalue weighted by molar-refractivity contribution is 5.81. The van der Waals surface area contributed by atoms with E-state index < -0.39 is 0 Å². The zero-order chi connectivity index (χ0) is 13.6. The van der Waals surface area contributed by atoms with Crippen LogP contribution in [-0.2, 0) is 4.79 Å². The minimum atomic E-state index is -0.140. The van der Waals surface area contributed by atoms with Gasteiger partial charge in [0.2, 0.25) is 5.91 Å². The van der Waals surface area contributed by atoms with E-state index >= 15 is 0 Å². The maximum Gasteiger partial charge on any atom is 0.237 e. The quantitative estimate of drug-likeness (QED) is 0.703. The van der Waals surface area contributed by atoms with Crippen LogP contribution in [0.1, 0.15) is 34.6 Å². The molecule has 1 amide bonds. The smallest absolute Gasteiger partial charge is 0.237 e. The van der Waals surface area contributed by atoms with Gasteiger partial charge in [0.1, 0.15) is 0 Å². The van der Waals surface area contributed by atoms with Crippen LogP contribution in [0.3, 0.4) is 0 Å². The number of nitrogens with one attached hydrogen (secondary N) is 2. The fourth-order valence-electron chi connectivity index (χ4n) is 1.84. The van der Waals surface area contributed by atoms with Crippen LogP contribution in [0.5, 0.6) is 0 Å². The summed E-state index contributed by atoms with van der Waals surface area (Å²) in [5.74, 6) is 0.0700. The van der Waals surface area contributed by atoms with E-state index in [1.54, 1.807) is 0 Å². The third-order valence-electron chi connectivity index (χ3n) is 2.46. The van der Waals surface area contributed by atoms with Crippen molar-refractivity contribution in [1.29, 1.82) is 0 Å². The molecule has 0 saturated carbocycles. The van der Waals surface area contributed by atoms with E-state index in [1.807, 2.05) is 20.8 Å². The van der Waals surface area contributed by atoms with Gasteiger partial charge in [0.25, 0.3) is 0 Å². The van der Waals surface area contributed by atoms with E-state index in [-0.39, 0.29) is 23.4 Å². The van der Waals surface area contributed by atoms with Crippen molar-refractivity contribution in [2.45, 2.75) is 46.7 Å². The van der Waals surface area contributed by atoms with Gasteiger partial charge in [-0.05, 0) is 40.3 Å². The molecule has 0 heterocycles. The van der Waals surface area contributed by atoms with Crippen LogP contribution >= 0.6 is 0 Å². The van der Waals surface area contributed by atoms with Gasteiger partial charge in [-0.3, -0.25) is 4.79 Å². The van der Waals surface area contributed by atoms with E-state index in [2.05, 4.69) is 43.5 Å². The molecule has 0 aromatic carbocycles. The molecule has 1 unspecified atom stereocenters. The first kappa shape index (κ1) is 16.4. The Balaban J connectivity index is 4.05. The van der Waals surface area contributed by atoms with Crippen molar-refractivity contribution in [3.05, 3.63) is 0 Å². The van der Waals surface area contributed by atoms with Crippen LogP contribution in [-0.4, -0.2) is 50.1 Å². The molecule has 2 N–H and O–H groups in total. The fraction of sp³-hybridized carbons (Fsp3) is 0.923. The van der Waals surface area contributed by atoms with Crippen molar-refractivity contribution in [2.75, 3.05) is 27.2 Å². The monoisotopic (exact) mass is 243 g/mol. The molecule has 0 fully saturated rings. The summed E-state index contributed by atoms with van der Waals surface area (Å²) in [5, 5.41) is 6.20. The van der Waals surface area contributed by atoms with Crippen molar-refractivity contribution in [3.8, 4) is 0 Å². The topological polar surface area (TPSA) is 44.4 Å². The van der Waals surface area contributed by atoms with Gasteiger partial charge in [0.15, 0.2) is 0 Å². The molecule has 0 aromatic heterocycles. The Morgan fingerprint density at radius 3 is 2.18 bits per heavy atom. The van der Waals surface area contributed by atoms with Gasteiger partial charge >= 0.3 is 0 Å². The van der Waals surface area contributed by atoms with E-state index in [0.717, 1.165) is 13.1 Å². The number of carbonyl (C=O) groups is 1. The summed E-state index contributed by atoms with van der Waals surface area (Å²) in [6.45, 7) is 12.1. The first-order chi connectivity index (χ1) is 7.64. The predicted octanol–water partition coefficient (Wildman–Crippen LogP) is 1.08. The number of rotatable bonds is 7. The number of hydrogen-bond acceptors (Lipinski definition) is 3. The molecule has 0 bridgehead atoms. The van der Waals surface area contributed by atoms with Crippen LogP contribution in [0.2, 0.25) is 0 Å². The summed E-state index contributed by atoms with van der Waals surface area (Å²) in [6, 6.07) is 0.0559. The summed E-state index contributed by atoms with van der Waals surface area (Å²) in [6.07, 6.45) is 0. The molecular formula is C13H29N3O. The molecular weight excluding hydrogens is 214 g/mol. The highest BCUT2D eigenvalue weighted by Gasteiger charge is 2.21. The summed E-state index contributed by atoms with van der Waals surface area (Å²) < 4.78 is 0. The standard InChI is InChI=1S/C13H29N3O/c1-10(2)15-12(17)11(3)14-8-13(4,5)9-16(6)7/h10-11,14H,8-9H2,1-7H3,(H,15,17). The van der Waals surface area contributed by atoms with E-state index in [1.165, 1.54) is 0 Å². The van der Waals surface area contributed by atoms with Gasteiger partial charge < -0.3 is 15.5 Å². The average Bonchev–Trinajstić information content (AvgIpc) is 2.11. The molecule has 0 saturated heterocycles. The first-order valence-electron chi connectivity index (χ1n) is 6.32. The second kappa shape index (κ2) is 6.97. The van der Waals surface area contributed by atoms with E-state index in [9.17, 15) is 4.79 Å². The molecule has 17 heavy (non-hydrogen) atoms. The zero-order valence-corrected chi connectivity index (χ0v) is 12.4. The second-order valence-electron chi connectivity index (χ2n) is 6.17. The van der Waals surface area contributed by atoms with Crippen molar-refractivity contribution in [1.82, 2.24) is 15.5 Å². The van der Waals surface area contributed by atoms with Gasteiger partial charge in [-0.2, -0.15) is 0 Å². The lowest BCUT2D eigenvalue weighted by molar-refractivity contribution is -0.123. The van der Waals surface area contributed by atoms with Crippen LogP contribution < -0.4 is 10.6 Å². The van der Waals surface area contributed by atoms with Crippen molar-refractivity contribution < 1.29 is 4.79 Å². The summed E-state index contributed by atoms with van der Waals surface area (Å²) >= 11 is 0. The molecule has 4 nitrogen and oxygen atoms in total. The maximum atomic E-state index is 11.7. The summed E-state index contributed by atoms with van der Waals surface area (Å²) in [7, 11) is 4.13. The molecule has 0 radical (unpaired) electrons. The van der Waals surface area contributed by atoms with Gasteiger partial charge in [0, 0.05) is 19.1 Å². The average molecular weight is 243 g/mol. The molecule has 0 spiro atoms. The van der Waals surface area contributed by atoms with Gasteiger partial charge in [-0.15, -0.1) is 0 Å². The third kappa shape index (κ3) is 8.16. The number of carbonyl (C=O) groups excluding carboxylic acids is 1. The minimum Gasteiger partial charge on any atom is -0.353 e. The first-order valence-corrected chi connectivity index (χ1v) is 6.32. The minimum absolute atomic E-state index is 0.0700. The van der Waals surface area contributed by atoms with Gasteiger partial charge in [-0.25, -0.2) is 0 Å². The molecule has 4 heteroatoms. The normalized spacial score (nSPS) is 14.2. The Morgan fingerprint density at radius 1 is 1.24 bits per heavy atom. The van der Waals surface area contributed by atoms with E-state index in [4.69, 9.17) is 0 Å². The number of amides is 1. The molecule has 0 aromatic rings. The lowest BCUT2D eigenvalue weighted by atomic mass is 9.92. The van der Waals surface area contributed by atoms with Gasteiger partial charge in [-0.1, -0.05) is 13.8 Å². The molecule has 0 aliphatic rings. The van der Waals surface area contributed by atoms with Crippen LogP contribution in [0.15, 0.2) is 0 Å². The van der Waals surface area contributed by atoms with Crippen LogP contribution in [0, 0.1) is 5.41 Å². The fourth-order valence-corrected chi connectivity index (χ4v) is 1.84. The SMILES string of the molecule is CC(C)NC(=O)C(C)NCC(C)(C)CN(C)C. The lowest BCUT2D eigenvalue weighted by Crippen LogP contribution is -2.48. The number of hydrogen-bond donors (Lipinski definition) is 2. The van der Waals surface area contributed by atoms with Crippen LogP contribution in [0.4, 0.5) is 0 Å². The highest BCUT2D eigenvalue weighted by Crippen LogP contribution is 2.14. The Bertz CT molecular complexity index is 237. The predicted molar refractivity (Wildman–Crippen MR) is 73.1 cm³/mol. The third-order valence-corrected chi connectivity index (χ3v) is 2.46. The molecule has 102 valence electrons. The number of nitrogens with zero attached hydrogens (tertiary/aromatic N) is 1. The zero-order valence-electron chi connectivity index (χ0n) is 12.4. The van der Waals surface area contributed by atoms with Crippen molar-refractivity contribution in [2.24, 2.45) is 5.41 Å². The Morgan fingerprint density at radius 2 is 1.76 bits per heavy atom. The van der Waals surface area contributed by atoms with Crippen molar-refractivity contribution >= 4 is 5.91 Å². The van der Waals surface area contributed by atoms with Crippen LogP contribution in [0.25, 0.3) is 0 Å². The maximum absolute atomic E-state index is 11.7. The molecule has 1 atom stereocenters. The molecule has 0 aliphatic carbocycles. The summed E-state index contributed by atoms with van der Waals surface area (Å²) in [4.78, 5) is 13.9. The second-order valence-corrected chi connectivity index (χ2v) is 6.17. The van der Waals surface area contributed by atoms with Crippen molar-refractivity contribution in [3.63, 3.8) is 0 Å². The largest absolute Gasteiger partial charge is 0.353 e. The van der Waals surface area contributed by atoms with E-state index in [0.29, 0.717) is 0 Å². The molecule has 0 aliphatic heterocycles. The molecule has 0 rings (SSSR count). The Labute approximate surface area is 106 Å². The Hall–Kier alpha value is -0.610.